The molecule has 1 aliphatic heterocycles. The summed E-state index contributed by atoms with van der Waals surface area (Å²) in [4.78, 5) is 35.2. The summed E-state index contributed by atoms with van der Waals surface area (Å²) in [5.74, 6) is 0.0759. The Morgan fingerprint density at radius 2 is 2.00 bits per heavy atom. The number of aliphatic imine (C=N–C) groups is 1. The third-order valence-electron chi connectivity index (χ3n) is 6.06. The van der Waals surface area contributed by atoms with Crippen LogP contribution in [0, 0.1) is 0 Å². The lowest BCUT2D eigenvalue weighted by molar-refractivity contribution is -0.130. The summed E-state index contributed by atoms with van der Waals surface area (Å²) in [6.45, 7) is 11.1. The first kappa shape index (κ1) is 28.5. The predicted octanol–water partition coefficient (Wildman–Crippen LogP) is 2.75. The van der Waals surface area contributed by atoms with Crippen molar-refractivity contribution in [3.05, 3.63) is 57.6 Å². The van der Waals surface area contributed by atoms with Crippen LogP contribution in [0.5, 0.6) is 0 Å². The number of carbonyl (C=O) groups is 2. The molecule has 0 atom stereocenters. The monoisotopic (exact) mass is 549 g/mol. The van der Waals surface area contributed by atoms with Crippen molar-refractivity contribution in [2.45, 2.75) is 45.3 Å². The van der Waals surface area contributed by atoms with E-state index >= 15 is 0 Å². The number of anilines is 1. The number of hydrogen-bond donors (Lipinski definition) is 3. The second kappa shape index (κ2) is 11.5. The number of aromatic nitrogens is 2. The van der Waals surface area contributed by atoms with Gasteiger partial charge in [0.25, 0.3) is 5.91 Å². The number of benzene rings is 1. The molecule has 1 saturated heterocycles. The topological polar surface area (TPSA) is 141 Å². The molecular formula is C25H33Cl2N7O3. The Morgan fingerprint density at radius 3 is 2.59 bits per heavy atom. The first-order valence-corrected chi connectivity index (χ1v) is 12.5. The first-order chi connectivity index (χ1) is 17.4. The average molecular weight is 550 g/mol. The summed E-state index contributed by atoms with van der Waals surface area (Å²) < 4.78 is 6.87. The summed E-state index contributed by atoms with van der Waals surface area (Å²) in [5.41, 5.74) is 14.3. The van der Waals surface area contributed by atoms with Crippen LogP contribution < -0.4 is 16.8 Å². The van der Waals surface area contributed by atoms with E-state index in [9.17, 15) is 9.59 Å². The number of amides is 2. The van der Waals surface area contributed by atoms with Crippen molar-refractivity contribution in [2.75, 3.05) is 32.5 Å². The largest absolute Gasteiger partial charge is 0.398 e. The van der Waals surface area contributed by atoms with Gasteiger partial charge in [-0.25, -0.2) is 4.98 Å². The van der Waals surface area contributed by atoms with Crippen LogP contribution in [0.4, 0.5) is 5.69 Å². The smallest absolute Gasteiger partial charge is 0.271 e. The number of nitrogens with two attached hydrogens (primary N) is 2. The molecule has 0 spiro atoms. The summed E-state index contributed by atoms with van der Waals surface area (Å²) in [6, 6.07) is 3.32. The van der Waals surface area contributed by atoms with Crippen molar-refractivity contribution in [2.24, 2.45) is 10.7 Å². The van der Waals surface area contributed by atoms with Crippen LogP contribution in [0.3, 0.4) is 0 Å². The number of rotatable bonds is 9. The van der Waals surface area contributed by atoms with Crippen LogP contribution in [0.25, 0.3) is 0 Å². The molecule has 2 heterocycles. The molecular weight excluding hydrogens is 517 g/mol. The highest BCUT2D eigenvalue weighted by molar-refractivity contribution is 6.32. The molecule has 0 bridgehead atoms. The number of halogens is 2. The van der Waals surface area contributed by atoms with Gasteiger partial charge in [-0.15, -0.1) is 0 Å². The van der Waals surface area contributed by atoms with E-state index in [1.54, 1.807) is 22.6 Å². The minimum atomic E-state index is -0.399. The van der Waals surface area contributed by atoms with E-state index in [1.165, 1.54) is 6.08 Å². The number of methoxy groups -OCH3 is 1. The molecule has 12 heteroatoms. The van der Waals surface area contributed by atoms with Gasteiger partial charge in [0.2, 0.25) is 5.91 Å². The minimum absolute atomic E-state index is 0.0387. The standard InChI is InChI=1S/C25H33Cl2N7O3/c1-6-20(35)33-12-14(13-33)31-24(36)21-22(27)32-19(34(21)7-8-37-5)11-30-23(29)15-9-16(25(2,3)4)17(26)10-18(15)28/h6,9-10,14H,1,7-8,11-13,28H2,2-5H3,(H2,29,30)(H,31,36). The zero-order valence-electron chi connectivity index (χ0n) is 21.5. The molecule has 1 aliphatic rings. The maximum Gasteiger partial charge on any atom is 0.271 e. The fraction of sp³-hybridized carbons (Fsp3) is 0.440. The van der Waals surface area contributed by atoms with Gasteiger partial charge >= 0.3 is 0 Å². The van der Waals surface area contributed by atoms with Crippen molar-refractivity contribution in [1.29, 1.82) is 0 Å². The highest BCUT2D eigenvalue weighted by Gasteiger charge is 2.32. The number of amidine groups is 1. The predicted molar refractivity (Wildman–Crippen MR) is 146 cm³/mol. The molecule has 0 unspecified atom stereocenters. The number of ether oxygens (including phenoxy) is 1. The maximum atomic E-state index is 13.1. The molecule has 5 N–H and O–H groups in total. The Morgan fingerprint density at radius 1 is 1.32 bits per heavy atom. The normalized spacial score (nSPS) is 14.4. The number of imidazole rings is 1. The van der Waals surface area contributed by atoms with Gasteiger partial charge in [-0.1, -0.05) is 50.6 Å². The fourth-order valence-electron chi connectivity index (χ4n) is 3.99. The van der Waals surface area contributed by atoms with Gasteiger partial charge in [0.1, 0.15) is 17.4 Å². The van der Waals surface area contributed by atoms with Gasteiger partial charge in [0.05, 0.1) is 19.2 Å². The van der Waals surface area contributed by atoms with Gasteiger partial charge in [0.15, 0.2) is 5.15 Å². The van der Waals surface area contributed by atoms with Crippen LogP contribution in [0.2, 0.25) is 10.2 Å². The molecule has 0 saturated carbocycles. The van der Waals surface area contributed by atoms with E-state index in [4.69, 9.17) is 39.4 Å². The molecule has 0 aliphatic carbocycles. The lowest BCUT2D eigenvalue weighted by Gasteiger charge is -2.38. The van der Waals surface area contributed by atoms with Gasteiger partial charge in [-0.05, 0) is 29.2 Å². The van der Waals surface area contributed by atoms with E-state index in [1.807, 2.05) is 26.8 Å². The summed E-state index contributed by atoms with van der Waals surface area (Å²) >= 11 is 12.8. The molecule has 1 fully saturated rings. The number of likely N-dealkylation sites (tertiary alicyclic amines) is 1. The third-order valence-corrected chi connectivity index (χ3v) is 6.63. The van der Waals surface area contributed by atoms with Crippen molar-refractivity contribution < 1.29 is 14.3 Å². The number of hydrogen-bond acceptors (Lipinski definition) is 6. The Kier molecular flexibility index (Phi) is 8.88. The molecule has 200 valence electrons. The number of carbonyl (C=O) groups excluding carboxylic acids is 2. The zero-order valence-corrected chi connectivity index (χ0v) is 23.0. The van der Waals surface area contributed by atoms with Crippen molar-refractivity contribution in [1.82, 2.24) is 19.8 Å². The minimum Gasteiger partial charge on any atom is -0.398 e. The van der Waals surface area contributed by atoms with E-state index < -0.39 is 5.91 Å². The van der Waals surface area contributed by atoms with Gasteiger partial charge < -0.3 is 31.0 Å². The van der Waals surface area contributed by atoms with Crippen LogP contribution in [-0.4, -0.2) is 64.9 Å². The van der Waals surface area contributed by atoms with Crippen LogP contribution in [-0.2, 0) is 28.0 Å². The van der Waals surface area contributed by atoms with Gasteiger partial charge in [0, 0.05) is 43.0 Å². The van der Waals surface area contributed by atoms with Crippen molar-refractivity contribution in [3.63, 3.8) is 0 Å². The Bertz CT molecular complexity index is 1230. The Balaban J connectivity index is 1.85. The van der Waals surface area contributed by atoms with Crippen molar-refractivity contribution >= 4 is 46.5 Å². The Hall–Kier alpha value is -3.08. The molecule has 10 nitrogen and oxygen atoms in total. The van der Waals surface area contributed by atoms with Crippen LogP contribution in [0.1, 0.15) is 48.2 Å². The fourth-order valence-corrected chi connectivity index (χ4v) is 4.73. The summed E-state index contributed by atoms with van der Waals surface area (Å²) in [5, 5.41) is 3.49. The summed E-state index contributed by atoms with van der Waals surface area (Å²) in [6.07, 6.45) is 1.24. The van der Waals surface area contributed by atoms with E-state index in [-0.39, 0.29) is 40.6 Å². The zero-order chi connectivity index (χ0) is 27.5. The molecule has 1 aromatic heterocycles. The Labute approximate surface area is 226 Å². The molecule has 1 aromatic carbocycles. The van der Waals surface area contributed by atoms with E-state index in [0.29, 0.717) is 48.3 Å². The van der Waals surface area contributed by atoms with Crippen LogP contribution >= 0.6 is 23.2 Å². The van der Waals surface area contributed by atoms with E-state index in [2.05, 4.69) is 21.9 Å². The second-order valence-electron chi connectivity index (χ2n) is 9.80. The SMILES string of the molecule is C=CC(=O)N1CC(NC(=O)c2c(Cl)nc(CN=C(N)c3cc(C(C)(C)C)c(Cl)cc3N)n2CCOC)C1. The number of nitrogens with zero attached hydrogens (tertiary/aromatic N) is 4. The lowest BCUT2D eigenvalue weighted by Crippen LogP contribution is -2.60. The molecule has 2 aromatic rings. The maximum absolute atomic E-state index is 13.1. The highest BCUT2D eigenvalue weighted by atomic mass is 35.5. The second-order valence-corrected chi connectivity index (χ2v) is 10.6. The highest BCUT2D eigenvalue weighted by Crippen LogP contribution is 2.33. The van der Waals surface area contributed by atoms with Crippen molar-refractivity contribution in [3.8, 4) is 0 Å². The molecule has 2 amide bonds. The number of nitrogens with one attached hydrogen (secondary N) is 1. The molecule has 37 heavy (non-hydrogen) atoms. The van der Waals surface area contributed by atoms with Crippen LogP contribution in [0.15, 0.2) is 29.8 Å². The van der Waals surface area contributed by atoms with Gasteiger partial charge in [-0.3, -0.25) is 14.6 Å². The van der Waals surface area contributed by atoms with E-state index in [0.717, 1.165) is 5.56 Å². The number of nitrogen functional groups attached to an aromatic ring is 1. The third kappa shape index (κ3) is 6.44. The quantitative estimate of drug-likeness (QED) is 0.190. The average Bonchev–Trinajstić information content (AvgIpc) is 3.11. The summed E-state index contributed by atoms with van der Waals surface area (Å²) in [7, 11) is 1.56. The molecule has 3 rings (SSSR count). The lowest BCUT2D eigenvalue weighted by atomic mass is 9.85. The first-order valence-electron chi connectivity index (χ1n) is 11.7. The molecule has 0 radical (unpaired) electrons. The van der Waals surface area contributed by atoms with Gasteiger partial charge in [-0.2, -0.15) is 0 Å².